The highest BCUT2D eigenvalue weighted by atomic mass is 32.2. The number of sulfone groups is 1. The van der Waals surface area contributed by atoms with Crippen LogP contribution in [0.3, 0.4) is 0 Å². The van der Waals surface area contributed by atoms with E-state index >= 15 is 0 Å². The van der Waals surface area contributed by atoms with Crippen LogP contribution in [0.5, 0.6) is 0 Å². The Bertz CT molecular complexity index is 589. The monoisotopic (exact) mass is 302 g/mol. The molecule has 0 aliphatic heterocycles. The highest BCUT2D eigenvalue weighted by molar-refractivity contribution is 7.99. The van der Waals surface area contributed by atoms with E-state index in [1.165, 1.54) is 11.8 Å². The average Bonchev–Trinajstić information content (AvgIpc) is 2.26. The van der Waals surface area contributed by atoms with Gasteiger partial charge in [0.15, 0.2) is 9.84 Å². The minimum Gasteiger partial charge on any atom is -0.481 e. The summed E-state index contributed by atoms with van der Waals surface area (Å²) in [7, 11) is -3.31. The van der Waals surface area contributed by atoms with E-state index in [-0.39, 0.29) is 4.90 Å². The van der Waals surface area contributed by atoms with Crippen molar-refractivity contribution in [3.63, 3.8) is 0 Å². The fourth-order valence-corrected chi connectivity index (χ4v) is 3.95. The second kappa shape index (κ2) is 5.54. The zero-order chi connectivity index (χ0) is 14.8. The molecule has 0 radical (unpaired) electrons. The molecule has 0 unspecified atom stereocenters. The van der Waals surface area contributed by atoms with Crippen molar-refractivity contribution in [1.29, 1.82) is 0 Å². The number of thioether (sulfide) groups is 1. The Labute approximate surface area is 118 Å². The van der Waals surface area contributed by atoms with Crippen molar-refractivity contribution in [1.82, 2.24) is 0 Å². The highest BCUT2D eigenvalue weighted by Gasteiger charge is 2.29. The fourth-order valence-electron chi connectivity index (χ4n) is 1.78. The normalized spacial score (nSPS) is 12.4. The number of carboxylic acid groups (broad SMARTS) is 1. The molecule has 19 heavy (non-hydrogen) atoms. The number of hydrogen-bond acceptors (Lipinski definition) is 4. The third kappa shape index (κ3) is 3.73. The third-order valence-corrected chi connectivity index (χ3v) is 5.03. The molecule has 0 aliphatic rings. The molecule has 0 aliphatic carbocycles. The standard InChI is InChI=1S/C13H18O4S2/c1-13(2,12(14)15)8-9-6-5-7-10(11(9)18-3)19(4,16)17/h5-7H,8H2,1-4H3,(H,14,15). The van der Waals surface area contributed by atoms with E-state index in [4.69, 9.17) is 0 Å². The van der Waals surface area contributed by atoms with Crippen LogP contribution in [-0.4, -0.2) is 32.0 Å². The van der Waals surface area contributed by atoms with Gasteiger partial charge in [-0.15, -0.1) is 11.8 Å². The van der Waals surface area contributed by atoms with Crippen molar-refractivity contribution >= 4 is 27.6 Å². The number of benzene rings is 1. The van der Waals surface area contributed by atoms with E-state index in [2.05, 4.69) is 0 Å². The van der Waals surface area contributed by atoms with Crippen LogP contribution in [0.15, 0.2) is 28.0 Å². The molecule has 1 rings (SSSR count). The summed E-state index contributed by atoms with van der Waals surface area (Å²) in [5.41, 5.74) is -0.177. The van der Waals surface area contributed by atoms with Crippen LogP contribution >= 0.6 is 11.8 Å². The molecular formula is C13H18O4S2. The largest absolute Gasteiger partial charge is 0.481 e. The van der Waals surface area contributed by atoms with Crippen molar-refractivity contribution in [2.75, 3.05) is 12.5 Å². The first kappa shape index (κ1) is 16.0. The second-order valence-electron chi connectivity index (χ2n) is 5.09. The van der Waals surface area contributed by atoms with E-state index in [0.717, 1.165) is 11.8 Å². The van der Waals surface area contributed by atoms with Gasteiger partial charge in [-0.1, -0.05) is 12.1 Å². The van der Waals surface area contributed by atoms with E-state index in [9.17, 15) is 18.3 Å². The van der Waals surface area contributed by atoms with E-state index in [1.54, 1.807) is 38.3 Å². The van der Waals surface area contributed by atoms with Gasteiger partial charge in [-0.05, 0) is 38.2 Å². The lowest BCUT2D eigenvalue weighted by Gasteiger charge is -2.21. The molecule has 0 amide bonds. The Balaban J connectivity index is 3.35. The lowest BCUT2D eigenvalue weighted by molar-refractivity contribution is -0.146. The number of carbonyl (C=O) groups is 1. The van der Waals surface area contributed by atoms with Crippen molar-refractivity contribution in [2.24, 2.45) is 5.41 Å². The quantitative estimate of drug-likeness (QED) is 0.846. The fraction of sp³-hybridized carbons (Fsp3) is 0.462. The number of hydrogen-bond donors (Lipinski definition) is 1. The molecule has 0 atom stereocenters. The average molecular weight is 302 g/mol. The van der Waals surface area contributed by atoms with Crippen LogP contribution in [0, 0.1) is 5.41 Å². The van der Waals surface area contributed by atoms with Gasteiger partial charge in [0.1, 0.15) is 0 Å². The summed E-state index contributed by atoms with van der Waals surface area (Å²) in [6.45, 7) is 3.26. The number of carboxylic acids is 1. The van der Waals surface area contributed by atoms with Gasteiger partial charge in [-0.2, -0.15) is 0 Å². The summed E-state index contributed by atoms with van der Waals surface area (Å²) in [5, 5.41) is 9.17. The molecule has 0 fully saturated rings. The van der Waals surface area contributed by atoms with Crippen LogP contribution in [0.4, 0.5) is 0 Å². The van der Waals surface area contributed by atoms with Crippen LogP contribution in [0.25, 0.3) is 0 Å². The predicted molar refractivity (Wildman–Crippen MR) is 76.5 cm³/mol. The van der Waals surface area contributed by atoms with Gasteiger partial charge in [-0.3, -0.25) is 4.79 Å². The first-order valence-electron chi connectivity index (χ1n) is 5.69. The maximum absolute atomic E-state index is 11.7. The maximum atomic E-state index is 11.7. The van der Waals surface area contributed by atoms with Crippen LogP contribution in [0.2, 0.25) is 0 Å². The van der Waals surface area contributed by atoms with Gasteiger partial charge in [0, 0.05) is 11.2 Å². The van der Waals surface area contributed by atoms with Crippen molar-refractivity contribution in [3.8, 4) is 0 Å². The molecule has 1 aromatic rings. The Hall–Kier alpha value is -1.01. The van der Waals surface area contributed by atoms with Crippen LogP contribution in [0.1, 0.15) is 19.4 Å². The molecule has 0 heterocycles. The summed E-state index contributed by atoms with van der Waals surface area (Å²) in [6.07, 6.45) is 3.25. The Morgan fingerprint density at radius 1 is 1.37 bits per heavy atom. The maximum Gasteiger partial charge on any atom is 0.309 e. The molecule has 4 nitrogen and oxygen atoms in total. The second-order valence-corrected chi connectivity index (χ2v) is 7.89. The molecule has 0 saturated carbocycles. The summed E-state index contributed by atoms with van der Waals surface area (Å²) in [4.78, 5) is 12.1. The summed E-state index contributed by atoms with van der Waals surface area (Å²) >= 11 is 1.33. The van der Waals surface area contributed by atoms with Gasteiger partial charge in [0.05, 0.1) is 10.3 Å². The molecule has 0 spiro atoms. The molecule has 0 saturated heterocycles. The van der Waals surface area contributed by atoms with E-state index in [1.807, 2.05) is 0 Å². The Morgan fingerprint density at radius 3 is 2.37 bits per heavy atom. The molecule has 1 N–H and O–H groups in total. The first-order valence-corrected chi connectivity index (χ1v) is 8.80. The van der Waals surface area contributed by atoms with Crippen LogP contribution < -0.4 is 0 Å². The van der Waals surface area contributed by atoms with E-state index < -0.39 is 21.2 Å². The molecular weight excluding hydrogens is 284 g/mol. The first-order chi connectivity index (χ1) is 8.59. The zero-order valence-corrected chi connectivity index (χ0v) is 13.1. The number of rotatable bonds is 5. The Kier molecular flexibility index (Phi) is 4.68. The molecule has 0 aromatic heterocycles. The lowest BCUT2D eigenvalue weighted by atomic mass is 9.86. The molecule has 1 aromatic carbocycles. The van der Waals surface area contributed by atoms with Crippen molar-refractivity contribution < 1.29 is 18.3 Å². The predicted octanol–water partition coefficient (Wildman–Crippen LogP) is 2.47. The van der Waals surface area contributed by atoms with Crippen molar-refractivity contribution in [2.45, 2.75) is 30.1 Å². The topological polar surface area (TPSA) is 71.4 Å². The third-order valence-electron chi connectivity index (χ3n) is 2.88. The van der Waals surface area contributed by atoms with Gasteiger partial charge in [0.25, 0.3) is 0 Å². The van der Waals surface area contributed by atoms with Crippen LogP contribution in [-0.2, 0) is 21.1 Å². The smallest absolute Gasteiger partial charge is 0.309 e. The van der Waals surface area contributed by atoms with E-state index in [0.29, 0.717) is 11.3 Å². The Morgan fingerprint density at radius 2 is 1.95 bits per heavy atom. The van der Waals surface area contributed by atoms with Crippen molar-refractivity contribution in [3.05, 3.63) is 23.8 Å². The molecule has 6 heteroatoms. The summed E-state index contributed by atoms with van der Waals surface area (Å²) in [6, 6.07) is 4.99. The summed E-state index contributed by atoms with van der Waals surface area (Å²) < 4.78 is 23.5. The SMILES string of the molecule is CSc1c(CC(C)(C)C(=O)O)cccc1S(C)(=O)=O. The summed E-state index contributed by atoms with van der Waals surface area (Å²) in [5.74, 6) is -0.899. The lowest BCUT2D eigenvalue weighted by Crippen LogP contribution is -2.26. The van der Waals surface area contributed by atoms with Gasteiger partial charge in [0.2, 0.25) is 0 Å². The minimum absolute atomic E-state index is 0.263. The zero-order valence-electron chi connectivity index (χ0n) is 11.4. The van der Waals surface area contributed by atoms with Gasteiger partial charge >= 0.3 is 5.97 Å². The number of aliphatic carboxylic acids is 1. The molecule has 106 valence electrons. The minimum atomic E-state index is -3.31. The molecule has 0 bridgehead atoms. The highest BCUT2D eigenvalue weighted by Crippen LogP contribution is 2.33. The van der Waals surface area contributed by atoms with Gasteiger partial charge in [-0.25, -0.2) is 8.42 Å². The van der Waals surface area contributed by atoms with Gasteiger partial charge < -0.3 is 5.11 Å².